The molecule has 1 aliphatic carbocycles. The predicted molar refractivity (Wildman–Crippen MR) is 158 cm³/mol. The number of hydrogen-bond donors (Lipinski definition) is 3. The van der Waals surface area contributed by atoms with Crippen molar-refractivity contribution in [1.29, 1.82) is 0 Å². The average molecular weight is 571 g/mol. The molecule has 0 fully saturated rings. The number of amides is 1. The molecule has 1 amide bonds. The van der Waals surface area contributed by atoms with Crippen LogP contribution in [0.1, 0.15) is 42.7 Å². The van der Waals surface area contributed by atoms with Crippen molar-refractivity contribution in [3.63, 3.8) is 0 Å². The number of nitrogens with one attached hydrogen (secondary N) is 2. The number of anilines is 1. The van der Waals surface area contributed by atoms with Crippen LogP contribution in [0.3, 0.4) is 0 Å². The normalized spacial score (nSPS) is 18.2. The van der Waals surface area contributed by atoms with Crippen LogP contribution in [-0.2, 0) is 9.59 Å². The zero-order valence-electron chi connectivity index (χ0n) is 24.2. The molecule has 0 bridgehead atoms. The summed E-state index contributed by atoms with van der Waals surface area (Å²) in [5.41, 5.74) is 4.30. The summed E-state index contributed by atoms with van der Waals surface area (Å²) >= 11 is 0. The van der Waals surface area contributed by atoms with Gasteiger partial charge in [-0.2, -0.15) is 0 Å². The lowest BCUT2D eigenvalue weighted by molar-refractivity contribution is -0.116. The number of ether oxygens (including phenoxy) is 4. The lowest BCUT2D eigenvalue weighted by atomic mass is 9.71. The fourth-order valence-corrected chi connectivity index (χ4v) is 5.84. The van der Waals surface area contributed by atoms with E-state index >= 15 is 0 Å². The van der Waals surface area contributed by atoms with Gasteiger partial charge in [0.15, 0.2) is 28.8 Å². The third-order valence-corrected chi connectivity index (χ3v) is 7.84. The van der Waals surface area contributed by atoms with Crippen molar-refractivity contribution in [2.24, 2.45) is 0 Å². The van der Waals surface area contributed by atoms with E-state index in [4.69, 9.17) is 18.9 Å². The first-order valence-electron chi connectivity index (χ1n) is 13.6. The van der Waals surface area contributed by atoms with Gasteiger partial charge in [-0.05, 0) is 66.8 Å². The van der Waals surface area contributed by atoms with E-state index in [2.05, 4.69) is 10.6 Å². The van der Waals surface area contributed by atoms with Gasteiger partial charge in [-0.25, -0.2) is 0 Å². The van der Waals surface area contributed by atoms with Crippen LogP contribution in [0.25, 0.3) is 0 Å². The van der Waals surface area contributed by atoms with Crippen LogP contribution in [0.15, 0.2) is 83.2 Å². The molecule has 1 aliphatic heterocycles. The Morgan fingerprint density at radius 2 is 1.50 bits per heavy atom. The summed E-state index contributed by atoms with van der Waals surface area (Å²) in [7, 11) is 6.17. The number of allylic oxidation sites excluding steroid dienone is 3. The lowest BCUT2D eigenvalue weighted by Crippen LogP contribution is -2.37. The molecule has 2 aliphatic rings. The minimum Gasteiger partial charge on any atom is -0.504 e. The first-order chi connectivity index (χ1) is 20.3. The second-order valence-electron chi connectivity index (χ2n) is 10.2. The van der Waals surface area contributed by atoms with E-state index in [0.29, 0.717) is 57.5 Å². The Morgan fingerprint density at radius 1 is 0.833 bits per heavy atom. The maximum absolute atomic E-state index is 14.0. The van der Waals surface area contributed by atoms with Crippen molar-refractivity contribution >= 4 is 17.4 Å². The smallest absolute Gasteiger partial charge is 0.254 e. The van der Waals surface area contributed by atoms with Gasteiger partial charge >= 0.3 is 0 Å². The highest BCUT2D eigenvalue weighted by Crippen LogP contribution is 2.47. The number of phenolic OH excluding ortho intramolecular Hbond substituents is 1. The number of phenols is 1. The molecule has 5 rings (SSSR count). The van der Waals surface area contributed by atoms with Crippen molar-refractivity contribution in [1.82, 2.24) is 5.32 Å². The molecule has 9 heteroatoms. The highest BCUT2D eigenvalue weighted by atomic mass is 16.5. The number of Topliss-reactive ketones (excluding diaryl/α,β-unsaturated/α-hetero) is 1. The highest BCUT2D eigenvalue weighted by molar-refractivity contribution is 6.10. The Labute approximate surface area is 244 Å². The highest BCUT2D eigenvalue weighted by Gasteiger charge is 2.41. The van der Waals surface area contributed by atoms with Gasteiger partial charge in [0.25, 0.3) is 5.91 Å². The van der Waals surface area contributed by atoms with Crippen LogP contribution < -0.4 is 29.6 Å². The molecule has 1 heterocycles. The number of carbonyl (C=O) groups is 2. The van der Waals surface area contributed by atoms with E-state index in [9.17, 15) is 14.7 Å². The molecule has 0 spiro atoms. The molecular formula is C33H34N2O7. The Hall–Kier alpha value is -4.92. The van der Waals surface area contributed by atoms with Crippen LogP contribution in [0.2, 0.25) is 0 Å². The summed E-state index contributed by atoms with van der Waals surface area (Å²) in [4.78, 5) is 27.9. The van der Waals surface area contributed by atoms with Crippen molar-refractivity contribution in [3.05, 3.63) is 94.3 Å². The number of ketones is 1. The zero-order valence-corrected chi connectivity index (χ0v) is 24.2. The summed E-state index contributed by atoms with van der Waals surface area (Å²) in [6, 6.07) is 17.8. The summed E-state index contributed by atoms with van der Waals surface area (Å²) in [6.07, 6.45) is 0.795. The number of benzene rings is 3. The second-order valence-corrected chi connectivity index (χ2v) is 10.2. The van der Waals surface area contributed by atoms with Crippen LogP contribution in [0, 0.1) is 0 Å². The van der Waals surface area contributed by atoms with Crippen LogP contribution >= 0.6 is 0 Å². The molecular weight excluding hydrogens is 536 g/mol. The fourth-order valence-electron chi connectivity index (χ4n) is 5.84. The number of carbonyl (C=O) groups excluding carboxylic acids is 2. The molecule has 0 saturated carbocycles. The quantitative estimate of drug-likeness (QED) is 0.329. The van der Waals surface area contributed by atoms with Crippen molar-refractivity contribution in [3.8, 4) is 28.7 Å². The van der Waals surface area contributed by atoms with E-state index in [1.807, 2.05) is 31.2 Å². The molecule has 0 unspecified atom stereocenters. The maximum Gasteiger partial charge on any atom is 0.254 e. The SMILES string of the molecule is COc1ccc([C@@H]2C(C(=O)Nc3ccccc3OC)=C(C)NC3=C2C(=O)C[C@H](c2ccc(OC)c(OC)c2)C3)cc1O. The summed E-state index contributed by atoms with van der Waals surface area (Å²) in [5, 5.41) is 17.0. The van der Waals surface area contributed by atoms with E-state index in [-0.39, 0.29) is 29.8 Å². The Kier molecular flexibility index (Phi) is 8.10. The number of hydrogen-bond acceptors (Lipinski definition) is 8. The molecule has 9 nitrogen and oxygen atoms in total. The van der Waals surface area contributed by atoms with Crippen LogP contribution in [-0.4, -0.2) is 45.2 Å². The van der Waals surface area contributed by atoms with E-state index in [1.54, 1.807) is 50.6 Å². The first-order valence-corrected chi connectivity index (χ1v) is 13.6. The van der Waals surface area contributed by atoms with Crippen LogP contribution in [0.4, 0.5) is 5.69 Å². The minimum absolute atomic E-state index is 0.0794. The van der Waals surface area contributed by atoms with E-state index in [1.165, 1.54) is 14.2 Å². The standard InChI is InChI=1S/C33H34N2O7/c1-18-30(33(38)35-22-8-6-7-9-26(22)39-2)31(20-11-12-27(40-3)24(36)15-20)32-23(34-18)14-21(16-25(32)37)19-10-13-28(41-4)29(17-19)42-5/h6-13,15,17,21,31,34,36H,14,16H2,1-5H3,(H,35,38)/t21-,31-/m1/s1. The third-order valence-electron chi connectivity index (χ3n) is 7.84. The number of para-hydroxylation sites is 2. The van der Waals surface area contributed by atoms with Crippen molar-refractivity contribution in [2.45, 2.75) is 31.6 Å². The molecule has 3 aromatic rings. The molecule has 3 N–H and O–H groups in total. The third kappa shape index (κ3) is 5.25. The fraction of sp³-hybridized carbons (Fsp3) is 0.273. The zero-order chi connectivity index (χ0) is 30.0. The van der Waals surface area contributed by atoms with Gasteiger partial charge in [0.1, 0.15) is 5.75 Å². The lowest BCUT2D eigenvalue weighted by Gasteiger charge is -2.37. The van der Waals surface area contributed by atoms with Crippen LogP contribution in [0.5, 0.6) is 28.7 Å². The predicted octanol–water partition coefficient (Wildman–Crippen LogP) is 5.43. The summed E-state index contributed by atoms with van der Waals surface area (Å²) in [6.45, 7) is 1.82. The molecule has 0 radical (unpaired) electrons. The minimum atomic E-state index is -0.716. The topological polar surface area (TPSA) is 115 Å². The Balaban J connectivity index is 1.57. The largest absolute Gasteiger partial charge is 0.504 e. The van der Waals surface area contributed by atoms with E-state index in [0.717, 1.165) is 11.3 Å². The van der Waals surface area contributed by atoms with Gasteiger partial charge in [0, 0.05) is 34.9 Å². The van der Waals surface area contributed by atoms with Crippen molar-refractivity contribution < 1.29 is 33.6 Å². The Bertz CT molecular complexity index is 1610. The number of rotatable bonds is 8. The number of dihydropyridines is 1. The number of methoxy groups -OCH3 is 4. The molecule has 0 saturated heterocycles. The Morgan fingerprint density at radius 3 is 2.19 bits per heavy atom. The van der Waals surface area contributed by atoms with Gasteiger partial charge in [-0.3, -0.25) is 9.59 Å². The number of aromatic hydroxyl groups is 1. The van der Waals surface area contributed by atoms with E-state index < -0.39 is 5.92 Å². The monoisotopic (exact) mass is 570 g/mol. The van der Waals surface area contributed by atoms with Gasteiger partial charge < -0.3 is 34.7 Å². The van der Waals surface area contributed by atoms with Gasteiger partial charge in [0.2, 0.25) is 0 Å². The van der Waals surface area contributed by atoms with Gasteiger partial charge in [0.05, 0.1) is 34.1 Å². The molecule has 218 valence electrons. The van der Waals surface area contributed by atoms with Gasteiger partial charge in [-0.15, -0.1) is 0 Å². The molecule has 0 aromatic heterocycles. The molecule has 42 heavy (non-hydrogen) atoms. The maximum atomic E-state index is 14.0. The first kappa shape index (κ1) is 28.6. The van der Waals surface area contributed by atoms with Crippen molar-refractivity contribution in [2.75, 3.05) is 33.8 Å². The summed E-state index contributed by atoms with van der Waals surface area (Å²) in [5.74, 6) is 0.648. The van der Waals surface area contributed by atoms with Gasteiger partial charge in [-0.1, -0.05) is 24.3 Å². The summed E-state index contributed by atoms with van der Waals surface area (Å²) < 4.78 is 21.6. The average Bonchev–Trinajstić information content (AvgIpc) is 2.99. The molecule has 2 atom stereocenters. The molecule has 3 aromatic carbocycles. The second kappa shape index (κ2) is 11.9.